The minimum absolute atomic E-state index is 0.00974. The van der Waals surface area contributed by atoms with Gasteiger partial charge in [0.15, 0.2) is 0 Å². The Balaban J connectivity index is 1.92. The molecule has 180 valence electrons. The van der Waals surface area contributed by atoms with Gasteiger partial charge in [0.25, 0.3) is 15.9 Å². The lowest BCUT2D eigenvalue weighted by molar-refractivity contribution is 0.0972. The third-order valence-electron chi connectivity index (χ3n) is 5.77. The summed E-state index contributed by atoms with van der Waals surface area (Å²) >= 11 is 0. The van der Waals surface area contributed by atoms with Gasteiger partial charge in [-0.15, -0.1) is 0 Å². The van der Waals surface area contributed by atoms with Gasteiger partial charge in [-0.05, 0) is 36.8 Å². The van der Waals surface area contributed by atoms with Crippen molar-refractivity contribution in [3.8, 4) is 0 Å². The molecule has 1 amide bonds. The molecule has 3 aromatic carbocycles. The lowest BCUT2D eigenvalue weighted by Gasteiger charge is -2.33. The van der Waals surface area contributed by atoms with Crippen molar-refractivity contribution >= 4 is 27.4 Å². The van der Waals surface area contributed by atoms with Crippen LogP contribution in [0.1, 0.15) is 52.5 Å². The van der Waals surface area contributed by atoms with E-state index >= 15 is 0 Å². The Morgan fingerprint density at radius 2 is 1.51 bits per heavy atom. The van der Waals surface area contributed by atoms with Crippen molar-refractivity contribution in [3.05, 3.63) is 107 Å². The number of unbranched alkanes of at least 4 members (excludes halogenated alkanes) is 2. The molecule has 0 bridgehead atoms. The highest BCUT2D eigenvalue weighted by Crippen LogP contribution is 2.37. The van der Waals surface area contributed by atoms with E-state index in [2.05, 4.69) is 5.32 Å². The second kappa shape index (κ2) is 10.2. The van der Waals surface area contributed by atoms with Crippen molar-refractivity contribution in [1.29, 1.82) is 0 Å². The quantitative estimate of drug-likeness (QED) is 0.354. The number of fused-ring (bicyclic) bond motifs is 1. The van der Waals surface area contributed by atoms with Crippen LogP contribution in [0.5, 0.6) is 0 Å². The summed E-state index contributed by atoms with van der Waals surface area (Å²) in [5.41, 5.74) is 0.700. The van der Waals surface area contributed by atoms with Gasteiger partial charge in [-0.2, -0.15) is 0 Å². The molecule has 1 aliphatic rings. The zero-order valence-corrected chi connectivity index (χ0v) is 20.0. The first kappa shape index (κ1) is 24.3. The summed E-state index contributed by atoms with van der Waals surface area (Å²) in [4.78, 5) is 26.9. The fourth-order valence-electron chi connectivity index (χ4n) is 3.99. The molecule has 1 heterocycles. The molecule has 1 N–H and O–H groups in total. The van der Waals surface area contributed by atoms with E-state index in [0.29, 0.717) is 12.0 Å². The number of ketones is 1. The minimum Gasteiger partial charge on any atom is -0.319 e. The Kier molecular flexibility index (Phi) is 7.12. The smallest absolute Gasteiger partial charge is 0.265 e. The number of sulfonamides is 1. The number of amides is 1. The number of rotatable bonds is 8. The van der Waals surface area contributed by atoms with Gasteiger partial charge in [0, 0.05) is 23.2 Å². The topological polar surface area (TPSA) is 83.6 Å². The van der Waals surface area contributed by atoms with E-state index < -0.39 is 27.5 Å². The molecule has 35 heavy (non-hydrogen) atoms. The summed E-state index contributed by atoms with van der Waals surface area (Å²) in [6, 6.07) is 19.6. The van der Waals surface area contributed by atoms with Crippen LogP contribution in [0, 0.1) is 5.82 Å². The van der Waals surface area contributed by atoms with Crippen LogP contribution in [0.15, 0.2) is 89.5 Å². The third kappa shape index (κ3) is 4.88. The molecule has 0 fully saturated rings. The molecule has 0 unspecified atom stereocenters. The normalized spacial score (nSPS) is 14.4. The molecule has 0 aromatic heterocycles. The molecule has 0 radical (unpaired) electrons. The van der Waals surface area contributed by atoms with Crippen molar-refractivity contribution < 1.29 is 22.4 Å². The van der Waals surface area contributed by atoms with Crippen molar-refractivity contribution in [3.63, 3.8) is 0 Å². The maximum atomic E-state index is 13.7. The summed E-state index contributed by atoms with van der Waals surface area (Å²) in [5, 5.41) is 2.76. The van der Waals surface area contributed by atoms with Gasteiger partial charge in [-0.1, -0.05) is 68.3 Å². The Bertz CT molecular complexity index is 1380. The lowest BCUT2D eigenvalue weighted by Crippen LogP contribution is -2.41. The van der Waals surface area contributed by atoms with Crippen LogP contribution >= 0.6 is 0 Å². The van der Waals surface area contributed by atoms with E-state index in [9.17, 15) is 22.4 Å². The molecule has 1 aliphatic heterocycles. The van der Waals surface area contributed by atoms with Gasteiger partial charge in [0.05, 0.1) is 10.6 Å². The number of hydrogen-bond donors (Lipinski definition) is 1. The van der Waals surface area contributed by atoms with E-state index in [1.807, 2.05) is 6.92 Å². The highest BCUT2D eigenvalue weighted by Gasteiger charge is 2.40. The number of nitrogens with zero attached hydrogens (tertiary/aromatic N) is 1. The molecule has 0 aliphatic carbocycles. The predicted octanol–water partition coefficient (Wildman–Crippen LogP) is 5.00. The first-order valence-corrected chi connectivity index (χ1v) is 12.8. The minimum atomic E-state index is -4.05. The number of benzene rings is 3. The largest absolute Gasteiger partial charge is 0.319 e. The van der Waals surface area contributed by atoms with E-state index in [0.717, 1.165) is 29.3 Å². The van der Waals surface area contributed by atoms with Gasteiger partial charge < -0.3 is 5.32 Å². The fraction of sp³-hybridized carbons (Fsp3) is 0.185. The molecule has 0 saturated carbocycles. The van der Waals surface area contributed by atoms with Crippen LogP contribution in [0.25, 0.3) is 5.70 Å². The Morgan fingerprint density at radius 3 is 2.20 bits per heavy atom. The van der Waals surface area contributed by atoms with Gasteiger partial charge >= 0.3 is 0 Å². The highest BCUT2D eigenvalue weighted by molar-refractivity contribution is 7.89. The summed E-state index contributed by atoms with van der Waals surface area (Å²) < 4.78 is 41.8. The molecule has 0 atom stereocenters. The molecule has 0 spiro atoms. The molecular formula is C27H25FN2O4S. The van der Waals surface area contributed by atoms with E-state index in [4.69, 9.17) is 0 Å². The number of Topliss-reactive ketones (excluding diaryl/α,β-unsaturated/α-hetero) is 1. The summed E-state index contributed by atoms with van der Waals surface area (Å²) in [6.45, 7) is 2.09. The van der Waals surface area contributed by atoms with Crippen molar-refractivity contribution in [2.24, 2.45) is 0 Å². The van der Waals surface area contributed by atoms with Crippen LogP contribution in [0.4, 0.5) is 4.39 Å². The van der Waals surface area contributed by atoms with Gasteiger partial charge in [-0.25, -0.2) is 12.8 Å². The maximum Gasteiger partial charge on any atom is 0.265 e. The Labute approximate surface area is 204 Å². The lowest BCUT2D eigenvalue weighted by atomic mass is 10.0. The van der Waals surface area contributed by atoms with Crippen LogP contribution in [0.2, 0.25) is 0 Å². The van der Waals surface area contributed by atoms with Crippen LogP contribution in [-0.4, -0.2) is 31.0 Å². The second-order valence-corrected chi connectivity index (χ2v) is 9.99. The number of carbonyl (C=O) groups excluding carboxylic acids is 2. The predicted molar refractivity (Wildman–Crippen MR) is 131 cm³/mol. The second-order valence-electron chi connectivity index (χ2n) is 8.16. The SMILES string of the molecule is CCCCCN1C(C(=O)c2ccccc2)=C(NC(=O)c2ccc(F)cc2)c2ccccc2S1(=O)=O. The van der Waals surface area contributed by atoms with E-state index in [1.165, 1.54) is 18.2 Å². The zero-order chi connectivity index (χ0) is 25.0. The van der Waals surface area contributed by atoms with Crippen molar-refractivity contribution in [2.75, 3.05) is 6.54 Å². The summed E-state index contributed by atoms with van der Waals surface area (Å²) in [6.07, 6.45) is 2.19. The summed E-state index contributed by atoms with van der Waals surface area (Å²) in [7, 11) is -4.05. The van der Waals surface area contributed by atoms with Crippen LogP contribution in [-0.2, 0) is 10.0 Å². The molecule has 3 aromatic rings. The number of allylic oxidation sites excluding steroid dienone is 1. The van der Waals surface area contributed by atoms with Gasteiger partial charge in [0.2, 0.25) is 5.78 Å². The van der Waals surface area contributed by atoms with Crippen molar-refractivity contribution in [1.82, 2.24) is 9.62 Å². The third-order valence-corrected chi connectivity index (χ3v) is 7.63. The number of halogens is 1. The average molecular weight is 493 g/mol. The molecule has 8 heteroatoms. The first-order valence-electron chi connectivity index (χ1n) is 11.4. The number of carbonyl (C=O) groups is 2. The zero-order valence-electron chi connectivity index (χ0n) is 19.2. The van der Waals surface area contributed by atoms with Gasteiger partial charge in [-0.3, -0.25) is 13.9 Å². The number of nitrogens with one attached hydrogen (secondary N) is 1. The van der Waals surface area contributed by atoms with E-state index in [1.54, 1.807) is 48.5 Å². The Hall–Kier alpha value is -3.78. The van der Waals surface area contributed by atoms with E-state index in [-0.39, 0.29) is 34.0 Å². The monoisotopic (exact) mass is 492 g/mol. The average Bonchev–Trinajstić information content (AvgIpc) is 2.87. The van der Waals surface area contributed by atoms with Crippen LogP contribution in [0.3, 0.4) is 0 Å². The van der Waals surface area contributed by atoms with Gasteiger partial charge in [0.1, 0.15) is 11.5 Å². The molecule has 4 rings (SSSR count). The van der Waals surface area contributed by atoms with Crippen LogP contribution < -0.4 is 5.32 Å². The Morgan fingerprint density at radius 1 is 0.857 bits per heavy atom. The highest BCUT2D eigenvalue weighted by atomic mass is 32.2. The molecule has 0 saturated heterocycles. The standard InChI is InChI=1S/C27H25FN2O4S/c1-2-3-9-18-30-25(26(31)19-10-5-4-6-11-19)24(22-12-7-8-13-23(22)35(30,33)34)29-27(32)20-14-16-21(28)17-15-20/h4-8,10-17H,2-3,9,18H2,1H3,(H,29,32). The fourth-order valence-corrected chi connectivity index (χ4v) is 5.71. The maximum absolute atomic E-state index is 13.7. The van der Waals surface area contributed by atoms with Crippen molar-refractivity contribution in [2.45, 2.75) is 31.1 Å². The number of hydrogen-bond acceptors (Lipinski definition) is 4. The molecule has 6 nitrogen and oxygen atoms in total. The summed E-state index contributed by atoms with van der Waals surface area (Å²) in [5.74, 6) is -1.59. The molecular weight excluding hydrogens is 467 g/mol. The first-order chi connectivity index (χ1) is 16.8.